The fourth-order valence-electron chi connectivity index (χ4n) is 4.31. The maximum Gasteiger partial charge on any atom is 0.323 e. The molecule has 6 nitrogen and oxygen atoms in total. The third kappa shape index (κ3) is 13.4. The first-order valence-electron chi connectivity index (χ1n) is 13.3. The second kappa shape index (κ2) is 19.0. The van der Waals surface area contributed by atoms with Crippen LogP contribution in [-0.4, -0.2) is 41.5 Å². The van der Waals surface area contributed by atoms with Gasteiger partial charge in [0.25, 0.3) is 0 Å². The van der Waals surface area contributed by atoms with E-state index in [4.69, 9.17) is 0 Å². The Hall–Kier alpha value is -2.37. The average molecular weight is 475 g/mol. The lowest BCUT2D eigenvalue weighted by molar-refractivity contribution is -0.143. The number of nitrogens with one attached hydrogen (secondary N) is 1. The monoisotopic (exact) mass is 474 g/mol. The zero-order valence-electron chi connectivity index (χ0n) is 21.4. The van der Waals surface area contributed by atoms with Gasteiger partial charge in [-0.2, -0.15) is 0 Å². The minimum Gasteiger partial charge on any atom is -0.481 e. The van der Waals surface area contributed by atoms with Gasteiger partial charge < -0.3 is 10.4 Å². The summed E-state index contributed by atoms with van der Waals surface area (Å²) in [7, 11) is 1.49. The topological polar surface area (TPSA) is 86.7 Å². The van der Waals surface area contributed by atoms with Gasteiger partial charge in [0.2, 0.25) is 5.91 Å². The van der Waals surface area contributed by atoms with Gasteiger partial charge in [0, 0.05) is 19.5 Å². The highest BCUT2D eigenvalue weighted by atomic mass is 16.4. The molecule has 1 aromatic carbocycles. The first kappa shape index (κ1) is 29.7. The molecule has 0 fully saturated rings. The number of urea groups is 1. The van der Waals surface area contributed by atoms with Gasteiger partial charge >= 0.3 is 12.0 Å². The van der Waals surface area contributed by atoms with Crippen molar-refractivity contribution in [3.63, 3.8) is 0 Å². The van der Waals surface area contributed by atoms with E-state index in [-0.39, 0.29) is 18.9 Å². The Balaban J connectivity index is 2.42. The molecule has 0 aliphatic carbocycles. The predicted octanol–water partition coefficient (Wildman–Crippen LogP) is 6.58. The van der Waals surface area contributed by atoms with Crippen LogP contribution in [0, 0.1) is 5.92 Å². The molecule has 34 heavy (non-hydrogen) atoms. The fraction of sp³-hybridized carbons (Fsp3) is 0.679. The van der Waals surface area contributed by atoms with Crippen molar-refractivity contribution >= 4 is 17.9 Å². The molecule has 0 spiro atoms. The van der Waals surface area contributed by atoms with Crippen LogP contribution in [0.4, 0.5) is 4.79 Å². The molecule has 6 heteroatoms. The highest BCUT2D eigenvalue weighted by Gasteiger charge is 2.29. The zero-order chi connectivity index (χ0) is 25.0. The molecule has 0 saturated carbocycles. The molecule has 1 aromatic rings. The van der Waals surface area contributed by atoms with Crippen LogP contribution in [0.5, 0.6) is 0 Å². The third-order valence-corrected chi connectivity index (χ3v) is 6.37. The van der Waals surface area contributed by atoms with E-state index in [9.17, 15) is 19.5 Å². The summed E-state index contributed by atoms with van der Waals surface area (Å²) in [4.78, 5) is 38.1. The number of carbonyl (C=O) groups excluding carboxylic acids is 2. The molecule has 2 N–H and O–H groups in total. The van der Waals surface area contributed by atoms with E-state index >= 15 is 0 Å². The van der Waals surface area contributed by atoms with Crippen molar-refractivity contribution in [2.24, 2.45) is 5.92 Å². The third-order valence-electron chi connectivity index (χ3n) is 6.37. The lowest BCUT2D eigenvalue weighted by atomic mass is 9.95. The van der Waals surface area contributed by atoms with E-state index in [1.165, 1.54) is 69.7 Å². The molecule has 1 unspecified atom stereocenters. The SMILES string of the molecule is CCCCCCCCCCCCCCC(CC(=O)O)C(=O)N(CCc1ccccc1)C(=O)NC. The van der Waals surface area contributed by atoms with E-state index in [0.29, 0.717) is 12.8 Å². The van der Waals surface area contributed by atoms with Crippen LogP contribution in [-0.2, 0) is 16.0 Å². The number of imide groups is 1. The number of carboxylic acids is 1. The largest absolute Gasteiger partial charge is 0.481 e. The summed E-state index contributed by atoms with van der Waals surface area (Å²) in [5, 5.41) is 11.9. The van der Waals surface area contributed by atoms with Crippen LogP contribution in [0.1, 0.15) is 102 Å². The molecule has 192 valence electrons. The van der Waals surface area contributed by atoms with Crippen molar-refractivity contribution < 1.29 is 19.5 Å². The number of hydrogen-bond acceptors (Lipinski definition) is 3. The second-order valence-electron chi connectivity index (χ2n) is 9.25. The number of unbranched alkanes of at least 4 members (excludes halogenated alkanes) is 11. The maximum absolute atomic E-state index is 13.1. The van der Waals surface area contributed by atoms with E-state index in [2.05, 4.69) is 12.2 Å². The first-order chi connectivity index (χ1) is 16.5. The Bertz CT molecular complexity index is 693. The number of hydrogen-bond donors (Lipinski definition) is 2. The summed E-state index contributed by atoms with van der Waals surface area (Å²) in [6.07, 6.45) is 15.4. The Kier molecular flexibility index (Phi) is 16.6. The van der Waals surface area contributed by atoms with Crippen LogP contribution < -0.4 is 5.32 Å². The lowest BCUT2D eigenvalue weighted by Gasteiger charge is -2.25. The summed E-state index contributed by atoms with van der Waals surface area (Å²) >= 11 is 0. The first-order valence-corrected chi connectivity index (χ1v) is 13.3. The van der Waals surface area contributed by atoms with E-state index < -0.39 is 17.9 Å². The number of nitrogens with zero attached hydrogens (tertiary/aromatic N) is 1. The molecule has 1 rings (SSSR count). The van der Waals surface area contributed by atoms with Crippen LogP contribution in [0.25, 0.3) is 0 Å². The Morgan fingerprint density at radius 2 is 1.38 bits per heavy atom. The molecule has 0 radical (unpaired) electrons. The number of carbonyl (C=O) groups is 3. The predicted molar refractivity (Wildman–Crippen MR) is 138 cm³/mol. The summed E-state index contributed by atoms with van der Waals surface area (Å²) in [5.74, 6) is -2.06. The summed E-state index contributed by atoms with van der Waals surface area (Å²) in [6.45, 7) is 2.47. The molecule has 0 aliphatic heterocycles. The van der Waals surface area contributed by atoms with Crippen molar-refractivity contribution in [3.05, 3.63) is 35.9 Å². The minimum atomic E-state index is -1.00. The van der Waals surface area contributed by atoms with Crippen LogP contribution in [0.15, 0.2) is 30.3 Å². The van der Waals surface area contributed by atoms with E-state index in [1.54, 1.807) is 0 Å². The number of benzene rings is 1. The van der Waals surface area contributed by atoms with Crippen molar-refractivity contribution in [2.45, 2.75) is 103 Å². The highest BCUT2D eigenvalue weighted by molar-refractivity contribution is 5.96. The van der Waals surface area contributed by atoms with E-state index in [1.807, 2.05) is 30.3 Å². The summed E-state index contributed by atoms with van der Waals surface area (Å²) in [6, 6.07) is 9.18. The average Bonchev–Trinajstić information content (AvgIpc) is 2.84. The van der Waals surface area contributed by atoms with Crippen molar-refractivity contribution in [2.75, 3.05) is 13.6 Å². The standard InChI is InChI=1S/C28H46N2O4/c1-3-4-5-6-7-8-9-10-11-12-13-17-20-25(23-26(31)32)27(33)30(28(34)29-2)22-21-24-18-15-14-16-19-24/h14-16,18-19,25H,3-13,17,20-23H2,1-2H3,(H,29,34)(H,31,32). The smallest absolute Gasteiger partial charge is 0.323 e. The number of carboxylic acid groups (broad SMARTS) is 1. The van der Waals surface area contributed by atoms with Gasteiger partial charge in [-0.15, -0.1) is 0 Å². The van der Waals surface area contributed by atoms with E-state index in [0.717, 1.165) is 24.8 Å². The molecule has 0 aromatic heterocycles. The van der Waals surface area contributed by atoms with Crippen molar-refractivity contribution in [1.82, 2.24) is 10.2 Å². The Morgan fingerprint density at radius 3 is 1.88 bits per heavy atom. The molecule has 0 heterocycles. The number of rotatable bonds is 19. The molecular formula is C28H46N2O4. The summed E-state index contributed by atoms with van der Waals surface area (Å²) < 4.78 is 0. The van der Waals surface area contributed by atoms with Crippen LogP contribution in [0.2, 0.25) is 0 Å². The van der Waals surface area contributed by atoms with Gasteiger partial charge in [-0.1, -0.05) is 114 Å². The zero-order valence-corrected chi connectivity index (χ0v) is 21.4. The van der Waals surface area contributed by atoms with Gasteiger partial charge in [0.15, 0.2) is 0 Å². The Labute approximate surface area is 206 Å². The van der Waals surface area contributed by atoms with Crippen LogP contribution in [0.3, 0.4) is 0 Å². The molecule has 0 bridgehead atoms. The second-order valence-corrected chi connectivity index (χ2v) is 9.25. The number of aliphatic carboxylic acids is 1. The maximum atomic E-state index is 13.1. The quantitative estimate of drug-likeness (QED) is 0.222. The van der Waals surface area contributed by atoms with Crippen molar-refractivity contribution in [1.29, 1.82) is 0 Å². The summed E-state index contributed by atoms with van der Waals surface area (Å²) in [5.41, 5.74) is 1.03. The van der Waals surface area contributed by atoms with Crippen molar-refractivity contribution in [3.8, 4) is 0 Å². The van der Waals surface area contributed by atoms with Gasteiger partial charge in [0.1, 0.15) is 0 Å². The molecule has 0 aliphatic rings. The minimum absolute atomic E-state index is 0.233. The van der Waals surface area contributed by atoms with Gasteiger partial charge in [-0.25, -0.2) is 4.79 Å². The molecule has 0 saturated heterocycles. The van der Waals surface area contributed by atoms with Crippen LogP contribution >= 0.6 is 0 Å². The van der Waals surface area contributed by atoms with Gasteiger partial charge in [0.05, 0.1) is 6.42 Å². The molecule has 1 atom stereocenters. The normalized spacial score (nSPS) is 11.7. The Morgan fingerprint density at radius 1 is 0.853 bits per heavy atom. The molecule has 3 amide bonds. The fourth-order valence-corrected chi connectivity index (χ4v) is 4.31. The lowest BCUT2D eigenvalue weighted by Crippen LogP contribution is -2.46. The number of amides is 3. The highest BCUT2D eigenvalue weighted by Crippen LogP contribution is 2.19. The van der Waals surface area contributed by atoms with Gasteiger partial charge in [-0.05, 0) is 18.4 Å². The van der Waals surface area contributed by atoms with Gasteiger partial charge in [-0.3, -0.25) is 14.5 Å². The molecular weight excluding hydrogens is 428 g/mol.